The first-order valence-electron chi connectivity index (χ1n) is 7.83. The summed E-state index contributed by atoms with van der Waals surface area (Å²) in [6.07, 6.45) is 3.35. The predicted molar refractivity (Wildman–Crippen MR) is 88.6 cm³/mol. The number of benzene rings is 1. The topological polar surface area (TPSA) is 71.5 Å². The first-order valence-corrected chi connectivity index (χ1v) is 7.83. The number of likely N-dealkylation sites (N-methyl/N-ethyl adjacent to an activating group) is 1. The molecule has 6 nitrogen and oxygen atoms in total. The van der Waals surface area contributed by atoms with E-state index < -0.39 is 6.04 Å². The molecule has 24 heavy (non-hydrogen) atoms. The normalized spacial score (nSPS) is 19.8. The summed E-state index contributed by atoms with van der Waals surface area (Å²) in [5.41, 5.74) is 0.465. The van der Waals surface area contributed by atoms with Crippen molar-refractivity contribution in [2.75, 3.05) is 13.6 Å². The van der Waals surface area contributed by atoms with E-state index in [-0.39, 0.29) is 17.9 Å². The van der Waals surface area contributed by atoms with Crippen molar-refractivity contribution in [1.82, 2.24) is 15.2 Å². The fourth-order valence-corrected chi connectivity index (χ4v) is 2.87. The molecule has 1 aromatic heterocycles. The van der Waals surface area contributed by atoms with Gasteiger partial charge in [0.05, 0.1) is 12.1 Å². The number of nitrogens with zero attached hydrogens (tertiary/aromatic N) is 2. The molecular weight excluding hydrogens is 306 g/mol. The number of aromatic nitrogens is 1. The average molecular weight is 325 g/mol. The smallest absolute Gasteiger partial charge is 0.256 e. The summed E-state index contributed by atoms with van der Waals surface area (Å²) in [5, 5.41) is 2.62. The minimum Gasteiger partial charge on any atom is -0.488 e. The van der Waals surface area contributed by atoms with Gasteiger partial charge in [0.1, 0.15) is 17.9 Å². The lowest BCUT2D eigenvalue weighted by Crippen LogP contribution is -2.45. The van der Waals surface area contributed by atoms with Gasteiger partial charge in [-0.25, -0.2) is 0 Å². The van der Waals surface area contributed by atoms with E-state index in [2.05, 4.69) is 10.3 Å². The SMILES string of the molecule is CNC(=O)C1CC(Oc2ccccc2)CN1C(=O)c1cccnc1. The zero-order valence-corrected chi connectivity index (χ0v) is 13.4. The summed E-state index contributed by atoms with van der Waals surface area (Å²) in [6, 6.07) is 12.3. The van der Waals surface area contributed by atoms with Crippen LogP contribution in [0.1, 0.15) is 16.8 Å². The molecule has 124 valence electrons. The maximum Gasteiger partial charge on any atom is 0.256 e. The number of carbonyl (C=O) groups excluding carboxylic acids is 2. The van der Waals surface area contributed by atoms with E-state index in [0.717, 1.165) is 5.75 Å². The van der Waals surface area contributed by atoms with Gasteiger partial charge < -0.3 is 15.0 Å². The molecule has 6 heteroatoms. The molecule has 2 amide bonds. The van der Waals surface area contributed by atoms with Gasteiger partial charge in [0.2, 0.25) is 5.91 Å². The van der Waals surface area contributed by atoms with Crippen LogP contribution >= 0.6 is 0 Å². The highest BCUT2D eigenvalue weighted by Crippen LogP contribution is 2.24. The summed E-state index contributed by atoms with van der Waals surface area (Å²) < 4.78 is 5.93. The van der Waals surface area contributed by atoms with E-state index in [4.69, 9.17) is 4.74 Å². The zero-order chi connectivity index (χ0) is 16.9. The van der Waals surface area contributed by atoms with Crippen LogP contribution in [0.2, 0.25) is 0 Å². The molecule has 1 aliphatic heterocycles. The second-order valence-electron chi connectivity index (χ2n) is 5.62. The summed E-state index contributed by atoms with van der Waals surface area (Å²) in [4.78, 5) is 30.4. The van der Waals surface area contributed by atoms with Gasteiger partial charge in [-0.1, -0.05) is 18.2 Å². The molecule has 0 spiro atoms. The third-order valence-electron chi connectivity index (χ3n) is 4.03. The van der Waals surface area contributed by atoms with Crippen LogP contribution in [0.25, 0.3) is 0 Å². The Labute approximate surface area is 140 Å². The zero-order valence-electron chi connectivity index (χ0n) is 13.4. The number of para-hydroxylation sites is 1. The molecule has 1 N–H and O–H groups in total. The Bertz CT molecular complexity index is 706. The number of likely N-dealkylation sites (tertiary alicyclic amines) is 1. The first-order chi connectivity index (χ1) is 11.7. The Kier molecular flexibility index (Phi) is 4.74. The highest BCUT2D eigenvalue weighted by molar-refractivity contribution is 5.97. The van der Waals surface area contributed by atoms with Crippen molar-refractivity contribution < 1.29 is 14.3 Å². The van der Waals surface area contributed by atoms with Gasteiger partial charge in [-0.15, -0.1) is 0 Å². The van der Waals surface area contributed by atoms with Crippen LogP contribution in [0.4, 0.5) is 0 Å². The average Bonchev–Trinajstić information content (AvgIpc) is 3.05. The molecule has 3 rings (SSSR count). The summed E-state index contributed by atoms with van der Waals surface area (Å²) >= 11 is 0. The van der Waals surface area contributed by atoms with Crippen LogP contribution < -0.4 is 10.1 Å². The van der Waals surface area contributed by atoms with E-state index in [1.165, 1.54) is 6.20 Å². The highest BCUT2D eigenvalue weighted by atomic mass is 16.5. The van der Waals surface area contributed by atoms with E-state index in [1.54, 1.807) is 30.3 Å². The minimum atomic E-state index is -0.545. The molecule has 2 heterocycles. The van der Waals surface area contributed by atoms with Crippen LogP contribution in [-0.4, -0.2) is 47.4 Å². The number of nitrogens with one attached hydrogen (secondary N) is 1. The second-order valence-corrected chi connectivity index (χ2v) is 5.62. The molecule has 2 atom stereocenters. The van der Waals surface area contributed by atoms with Gasteiger partial charge in [-0.3, -0.25) is 14.6 Å². The van der Waals surface area contributed by atoms with E-state index in [0.29, 0.717) is 18.5 Å². The monoisotopic (exact) mass is 325 g/mol. The number of amides is 2. The molecule has 0 bridgehead atoms. The maximum absolute atomic E-state index is 12.7. The molecule has 1 aliphatic rings. The van der Waals surface area contributed by atoms with Crippen molar-refractivity contribution in [3.63, 3.8) is 0 Å². The molecule has 2 unspecified atom stereocenters. The van der Waals surface area contributed by atoms with E-state index >= 15 is 0 Å². The van der Waals surface area contributed by atoms with Crippen molar-refractivity contribution in [2.24, 2.45) is 0 Å². The third kappa shape index (κ3) is 3.37. The van der Waals surface area contributed by atoms with Gasteiger partial charge in [-0.2, -0.15) is 0 Å². The third-order valence-corrected chi connectivity index (χ3v) is 4.03. The summed E-state index contributed by atoms with van der Waals surface area (Å²) in [6.45, 7) is 0.362. The van der Waals surface area contributed by atoms with Crippen molar-refractivity contribution in [3.8, 4) is 5.75 Å². The summed E-state index contributed by atoms with van der Waals surface area (Å²) in [7, 11) is 1.57. The van der Waals surface area contributed by atoms with E-state index in [1.807, 2.05) is 30.3 Å². The minimum absolute atomic E-state index is 0.189. The fourth-order valence-electron chi connectivity index (χ4n) is 2.87. The molecule has 0 radical (unpaired) electrons. The fraction of sp³-hybridized carbons (Fsp3) is 0.278. The molecule has 1 aromatic carbocycles. The Morgan fingerprint density at radius 3 is 2.67 bits per heavy atom. The van der Waals surface area contributed by atoms with Gasteiger partial charge in [0, 0.05) is 25.9 Å². The van der Waals surface area contributed by atoms with Gasteiger partial charge in [-0.05, 0) is 24.3 Å². The molecule has 0 aliphatic carbocycles. The molecule has 1 saturated heterocycles. The number of ether oxygens (including phenoxy) is 1. The molecular formula is C18H19N3O3. The van der Waals surface area contributed by atoms with Crippen LogP contribution in [0.3, 0.4) is 0 Å². The lowest BCUT2D eigenvalue weighted by atomic mass is 10.1. The highest BCUT2D eigenvalue weighted by Gasteiger charge is 2.40. The standard InChI is InChI=1S/C18H19N3O3/c1-19-17(22)16-10-15(24-14-7-3-2-4-8-14)12-21(16)18(23)13-6-5-9-20-11-13/h2-9,11,15-16H,10,12H2,1H3,(H,19,22). The number of rotatable bonds is 4. The Balaban J connectivity index is 1.78. The molecule has 1 fully saturated rings. The number of hydrogen-bond acceptors (Lipinski definition) is 4. The Morgan fingerprint density at radius 2 is 2.00 bits per heavy atom. The van der Waals surface area contributed by atoms with Crippen LogP contribution in [0.15, 0.2) is 54.9 Å². The Morgan fingerprint density at radius 1 is 1.21 bits per heavy atom. The lowest BCUT2D eigenvalue weighted by molar-refractivity contribution is -0.124. The van der Waals surface area contributed by atoms with Crippen molar-refractivity contribution in [1.29, 1.82) is 0 Å². The Hall–Kier alpha value is -2.89. The van der Waals surface area contributed by atoms with Gasteiger partial charge >= 0.3 is 0 Å². The number of hydrogen-bond donors (Lipinski definition) is 1. The van der Waals surface area contributed by atoms with Gasteiger partial charge in [0.25, 0.3) is 5.91 Å². The quantitative estimate of drug-likeness (QED) is 0.924. The number of carbonyl (C=O) groups is 2. The first kappa shape index (κ1) is 16.0. The van der Waals surface area contributed by atoms with Crippen LogP contribution in [0, 0.1) is 0 Å². The van der Waals surface area contributed by atoms with E-state index in [9.17, 15) is 9.59 Å². The van der Waals surface area contributed by atoms with Crippen molar-refractivity contribution in [2.45, 2.75) is 18.6 Å². The molecule has 0 saturated carbocycles. The number of pyridine rings is 1. The predicted octanol–water partition coefficient (Wildman–Crippen LogP) is 1.49. The molecule has 2 aromatic rings. The summed E-state index contributed by atoms with van der Waals surface area (Å²) in [5.74, 6) is 0.330. The second kappa shape index (κ2) is 7.12. The van der Waals surface area contributed by atoms with Crippen molar-refractivity contribution in [3.05, 3.63) is 60.4 Å². The van der Waals surface area contributed by atoms with Crippen LogP contribution in [0.5, 0.6) is 5.75 Å². The maximum atomic E-state index is 12.7. The van der Waals surface area contributed by atoms with Crippen LogP contribution in [-0.2, 0) is 4.79 Å². The lowest BCUT2D eigenvalue weighted by Gasteiger charge is -2.22. The van der Waals surface area contributed by atoms with Crippen molar-refractivity contribution >= 4 is 11.8 Å². The van der Waals surface area contributed by atoms with Gasteiger partial charge in [0.15, 0.2) is 0 Å². The largest absolute Gasteiger partial charge is 0.488 e.